The molecular weight excluding hydrogens is 322 g/mol. The van der Waals surface area contributed by atoms with Crippen LogP contribution < -0.4 is 4.90 Å². The van der Waals surface area contributed by atoms with E-state index >= 15 is 0 Å². The van der Waals surface area contributed by atoms with Crippen LogP contribution in [0.25, 0.3) is 11.1 Å². The van der Waals surface area contributed by atoms with Gasteiger partial charge in [0.15, 0.2) is 0 Å². The molecule has 4 rings (SSSR count). The van der Waals surface area contributed by atoms with Crippen LogP contribution in [0.1, 0.15) is 5.69 Å². The van der Waals surface area contributed by atoms with E-state index in [-0.39, 0.29) is 0 Å². The molecule has 0 atom stereocenters. The van der Waals surface area contributed by atoms with Gasteiger partial charge in [-0.15, -0.1) is 0 Å². The fourth-order valence-corrected chi connectivity index (χ4v) is 3.48. The number of nitrogens with zero attached hydrogens (tertiary/aromatic N) is 3. The Kier molecular flexibility index (Phi) is 4.84. The lowest BCUT2D eigenvalue weighted by Crippen LogP contribution is -2.46. The lowest BCUT2D eigenvalue weighted by molar-refractivity contribution is 0.246. The summed E-state index contributed by atoms with van der Waals surface area (Å²) in [6.07, 6.45) is 1.90. The maximum Gasteiger partial charge on any atom is 0.138 e. The van der Waals surface area contributed by atoms with E-state index in [4.69, 9.17) is 0 Å². The van der Waals surface area contributed by atoms with Gasteiger partial charge >= 0.3 is 0 Å². The number of phenols is 1. The molecule has 4 nitrogen and oxygen atoms in total. The van der Waals surface area contributed by atoms with Gasteiger partial charge in [0.25, 0.3) is 0 Å². The monoisotopic (exact) mass is 345 g/mol. The van der Waals surface area contributed by atoms with Gasteiger partial charge in [-0.2, -0.15) is 0 Å². The number of rotatable bonds is 4. The molecule has 3 aromatic rings. The normalized spacial score (nSPS) is 15.2. The average Bonchev–Trinajstić information content (AvgIpc) is 2.70. The van der Waals surface area contributed by atoms with Crippen molar-refractivity contribution in [2.45, 2.75) is 6.54 Å². The standard InChI is InChI=1S/C22H23N3O/c26-22-9-5-4-8-21(22)25-14-12-24(13-15-25)17-20-16-19(10-11-23-20)18-6-2-1-3-7-18/h1-11,16,26H,12-15,17H2. The van der Waals surface area contributed by atoms with Crippen molar-refractivity contribution < 1.29 is 5.11 Å². The van der Waals surface area contributed by atoms with Crippen molar-refractivity contribution in [3.05, 3.63) is 78.6 Å². The van der Waals surface area contributed by atoms with Crippen LogP contribution in [0, 0.1) is 0 Å². The van der Waals surface area contributed by atoms with Crippen LogP contribution in [0.5, 0.6) is 5.75 Å². The largest absolute Gasteiger partial charge is 0.506 e. The van der Waals surface area contributed by atoms with E-state index in [0.29, 0.717) is 5.75 Å². The third kappa shape index (κ3) is 3.70. The molecule has 0 amide bonds. The molecule has 1 fully saturated rings. The Morgan fingerprint density at radius 2 is 1.54 bits per heavy atom. The van der Waals surface area contributed by atoms with Crippen LogP contribution in [-0.2, 0) is 6.54 Å². The molecular formula is C22H23N3O. The Labute approximate surface area is 154 Å². The molecule has 0 saturated carbocycles. The molecule has 4 heteroatoms. The minimum absolute atomic E-state index is 0.359. The number of para-hydroxylation sites is 2. The fourth-order valence-electron chi connectivity index (χ4n) is 3.48. The van der Waals surface area contributed by atoms with Crippen LogP contribution in [-0.4, -0.2) is 41.2 Å². The van der Waals surface area contributed by atoms with Gasteiger partial charge < -0.3 is 10.0 Å². The Hall–Kier alpha value is -2.85. The van der Waals surface area contributed by atoms with E-state index < -0.39 is 0 Å². The molecule has 1 aromatic heterocycles. The zero-order valence-electron chi connectivity index (χ0n) is 14.8. The highest BCUT2D eigenvalue weighted by atomic mass is 16.3. The highest BCUT2D eigenvalue weighted by Gasteiger charge is 2.19. The second-order valence-corrected chi connectivity index (χ2v) is 6.65. The first-order chi connectivity index (χ1) is 12.8. The van der Waals surface area contributed by atoms with Crippen LogP contribution in [0.4, 0.5) is 5.69 Å². The van der Waals surface area contributed by atoms with Gasteiger partial charge in [0, 0.05) is 38.9 Å². The second kappa shape index (κ2) is 7.58. The van der Waals surface area contributed by atoms with E-state index in [1.54, 1.807) is 6.07 Å². The molecule has 0 aliphatic carbocycles. The molecule has 26 heavy (non-hydrogen) atoms. The van der Waals surface area contributed by atoms with Crippen LogP contribution in [0.3, 0.4) is 0 Å². The molecule has 132 valence electrons. The van der Waals surface area contributed by atoms with Crippen molar-refractivity contribution in [3.63, 3.8) is 0 Å². The van der Waals surface area contributed by atoms with Gasteiger partial charge in [0.05, 0.1) is 11.4 Å². The Balaban J connectivity index is 1.40. The van der Waals surface area contributed by atoms with Crippen molar-refractivity contribution in [1.82, 2.24) is 9.88 Å². The van der Waals surface area contributed by atoms with Crippen molar-refractivity contribution in [1.29, 1.82) is 0 Å². The van der Waals surface area contributed by atoms with Crippen molar-refractivity contribution in [3.8, 4) is 16.9 Å². The number of piperazine rings is 1. The Morgan fingerprint density at radius 3 is 2.31 bits per heavy atom. The van der Waals surface area contributed by atoms with E-state index in [0.717, 1.165) is 44.1 Å². The minimum Gasteiger partial charge on any atom is -0.506 e. The minimum atomic E-state index is 0.359. The highest BCUT2D eigenvalue weighted by molar-refractivity contribution is 5.63. The number of aromatic hydroxyl groups is 1. The van der Waals surface area contributed by atoms with Gasteiger partial charge in [-0.3, -0.25) is 9.88 Å². The zero-order valence-corrected chi connectivity index (χ0v) is 14.8. The molecule has 1 aliphatic rings. The predicted octanol–water partition coefficient (Wildman–Crippen LogP) is 3.78. The summed E-state index contributed by atoms with van der Waals surface area (Å²) in [4.78, 5) is 9.23. The van der Waals surface area contributed by atoms with Gasteiger partial charge in [-0.25, -0.2) is 0 Å². The fraction of sp³-hybridized carbons (Fsp3) is 0.227. The van der Waals surface area contributed by atoms with Crippen molar-refractivity contribution >= 4 is 5.69 Å². The number of anilines is 1. The summed E-state index contributed by atoms with van der Waals surface area (Å²) in [5, 5.41) is 10.0. The summed E-state index contributed by atoms with van der Waals surface area (Å²) in [7, 11) is 0. The predicted molar refractivity (Wildman–Crippen MR) is 105 cm³/mol. The highest BCUT2D eigenvalue weighted by Crippen LogP contribution is 2.27. The van der Waals surface area contributed by atoms with Crippen molar-refractivity contribution in [2.75, 3.05) is 31.1 Å². The lowest BCUT2D eigenvalue weighted by atomic mass is 10.1. The summed E-state index contributed by atoms with van der Waals surface area (Å²) in [6.45, 7) is 4.61. The van der Waals surface area contributed by atoms with Crippen LogP contribution in [0.15, 0.2) is 72.9 Å². The third-order valence-electron chi connectivity index (χ3n) is 4.90. The number of benzene rings is 2. The molecule has 2 heterocycles. The molecule has 1 aliphatic heterocycles. The van der Waals surface area contributed by atoms with Crippen molar-refractivity contribution in [2.24, 2.45) is 0 Å². The number of aromatic nitrogens is 1. The maximum absolute atomic E-state index is 10.0. The molecule has 1 saturated heterocycles. The molecule has 1 N–H and O–H groups in total. The first-order valence-corrected chi connectivity index (χ1v) is 9.05. The molecule has 2 aromatic carbocycles. The quantitative estimate of drug-likeness (QED) is 0.781. The number of hydrogen-bond acceptors (Lipinski definition) is 4. The lowest BCUT2D eigenvalue weighted by Gasteiger charge is -2.36. The van der Waals surface area contributed by atoms with E-state index in [2.05, 4.69) is 51.2 Å². The Bertz CT molecular complexity index is 858. The van der Waals surface area contributed by atoms with E-state index in [9.17, 15) is 5.11 Å². The molecule has 0 bridgehead atoms. The SMILES string of the molecule is Oc1ccccc1N1CCN(Cc2cc(-c3ccccc3)ccn2)CC1. The van der Waals surface area contributed by atoms with Gasteiger partial charge in [-0.1, -0.05) is 42.5 Å². The molecule has 0 unspecified atom stereocenters. The summed E-state index contributed by atoms with van der Waals surface area (Å²) in [6, 6.07) is 22.2. The summed E-state index contributed by atoms with van der Waals surface area (Å²) in [5.74, 6) is 0.359. The van der Waals surface area contributed by atoms with Crippen LogP contribution >= 0.6 is 0 Å². The zero-order chi connectivity index (χ0) is 17.8. The number of hydrogen-bond donors (Lipinski definition) is 1. The van der Waals surface area contributed by atoms with Gasteiger partial charge in [0.1, 0.15) is 5.75 Å². The molecule has 0 radical (unpaired) electrons. The summed E-state index contributed by atoms with van der Waals surface area (Å²) < 4.78 is 0. The first kappa shape index (κ1) is 16.6. The maximum atomic E-state index is 10.0. The van der Waals surface area contributed by atoms with E-state index in [1.807, 2.05) is 30.5 Å². The smallest absolute Gasteiger partial charge is 0.138 e. The van der Waals surface area contributed by atoms with Gasteiger partial charge in [-0.05, 0) is 35.4 Å². The van der Waals surface area contributed by atoms with Gasteiger partial charge in [0.2, 0.25) is 0 Å². The number of pyridine rings is 1. The Morgan fingerprint density at radius 1 is 0.808 bits per heavy atom. The van der Waals surface area contributed by atoms with E-state index in [1.165, 1.54) is 11.1 Å². The third-order valence-corrected chi connectivity index (χ3v) is 4.90. The first-order valence-electron chi connectivity index (χ1n) is 9.05. The number of phenolic OH excluding ortho intramolecular Hbond substituents is 1. The summed E-state index contributed by atoms with van der Waals surface area (Å²) >= 11 is 0. The van der Waals surface area contributed by atoms with Crippen LogP contribution in [0.2, 0.25) is 0 Å². The second-order valence-electron chi connectivity index (χ2n) is 6.65. The molecule has 0 spiro atoms. The average molecular weight is 345 g/mol. The topological polar surface area (TPSA) is 39.6 Å². The summed E-state index contributed by atoms with van der Waals surface area (Å²) in [5.41, 5.74) is 4.46.